The third kappa shape index (κ3) is 2.86. The molecule has 0 fully saturated rings. The van der Waals surface area contributed by atoms with Crippen LogP contribution in [0.25, 0.3) is 0 Å². The minimum absolute atomic E-state index is 0.259. The van der Waals surface area contributed by atoms with Gasteiger partial charge in [-0.1, -0.05) is 6.58 Å². The van der Waals surface area contributed by atoms with Crippen molar-refractivity contribution in [2.24, 2.45) is 5.92 Å². The van der Waals surface area contributed by atoms with Crippen molar-refractivity contribution >= 4 is 0 Å². The monoisotopic (exact) mass is 209 g/mol. The molecule has 0 N–H and O–H groups in total. The van der Waals surface area contributed by atoms with Crippen LogP contribution in [0, 0.1) is 5.92 Å². The molecule has 0 saturated heterocycles. The second-order valence-corrected chi connectivity index (χ2v) is 3.88. The molecule has 0 aromatic carbocycles. The summed E-state index contributed by atoms with van der Waals surface area (Å²) in [5.41, 5.74) is 1.01. The quantitative estimate of drug-likeness (QED) is 0.704. The summed E-state index contributed by atoms with van der Waals surface area (Å²) in [6, 6.07) is 0. The Morgan fingerprint density at radius 3 is 2.47 bits per heavy atom. The van der Waals surface area contributed by atoms with E-state index in [1.165, 1.54) is 0 Å². The SMILES string of the molecule is C=C1C(OC)=CC(OC)=CC1CN(C)C. The van der Waals surface area contributed by atoms with E-state index in [0.29, 0.717) is 0 Å². The van der Waals surface area contributed by atoms with Crippen molar-refractivity contribution in [3.63, 3.8) is 0 Å². The fourth-order valence-corrected chi connectivity index (χ4v) is 1.62. The summed E-state index contributed by atoms with van der Waals surface area (Å²) >= 11 is 0. The molecule has 15 heavy (non-hydrogen) atoms. The zero-order valence-electron chi connectivity index (χ0n) is 9.91. The smallest absolute Gasteiger partial charge is 0.125 e. The summed E-state index contributed by atoms with van der Waals surface area (Å²) in [4.78, 5) is 2.12. The topological polar surface area (TPSA) is 21.7 Å². The highest BCUT2D eigenvalue weighted by atomic mass is 16.5. The van der Waals surface area contributed by atoms with Crippen molar-refractivity contribution in [3.05, 3.63) is 35.8 Å². The third-order valence-corrected chi connectivity index (χ3v) is 2.42. The number of nitrogens with zero attached hydrogens (tertiary/aromatic N) is 1. The van der Waals surface area contributed by atoms with Crippen LogP contribution < -0.4 is 0 Å². The van der Waals surface area contributed by atoms with Gasteiger partial charge in [0.05, 0.1) is 14.2 Å². The Morgan fingerprint density at radius 1 is 1.33 bits per heavy atom. The van der Waals surface area contributed by atoms with Crippen molar-refractivity contribution in [3.8, 4) is 0 Å². The van der Waals surface area contributed by atoms with E-state index in [4.69, 9.17) is 9.47 Å². The van der Waals surface area contributed by atoms with E-state index in [2.05, 4.69) is 17.6 Å². The predicted molar refractivity (Wildman–Crippen MR) is 61.4 cm³/mol. The Labute approximate surface area is 91.7 Å². The van der Waals surface area contributed by atoms with Gasteiger partial charge in [0, 0.05) is 18.5 Å². The van der Waals surface area contributed by atoms with Crippen LogP contribution in [-0.2, 0) is 9.47 Å². The zero-order chi connectivity index (χ0) is 11.4. The second-order valence-electron chi connectivity index (χ2n) is 3.88. The minimum Gasteiger partial charge on any atom is -0.497 e. The highest BCUT2D eigenvalue weighted by Crippen LogP contribution is 2.28. The Hall–Kier alpha value is -1.22. The number of hydrogen-bond acceptors (Lipinski definition) is 3. The Bertz CT molecular complexity index is 303. The van der Waals surface area contributed by atoms with E-state index in [1.54, 1.807) is 14.2 Å². The number of ether oxygens (including phenoxy) is 2. The van der Waals surface area contributed by atoms with E-state index in [0.717, 1.165) is 23.6 Å². The molecule has 0 heterocycles. The van der Waals surface area contributed by atoms with E-state index in [-0.39, 0.29) is 5.92 Å². The average Bonchev–Trinajstić information content (AvgIpc) is 2.20. The zero-order valence-corrected chi connectivity index (χ0v) is 9.91. The van der Waals surface area contributed by atoms with Crippen molar-refractivity contribution < 1.29 is 9.47 Å². The number of allylic oxidation sites excluding steroid dienone is 2. The van der Waals surface area contributed by atoms with Gasteiger partial charge in [-0.2, -0.15) is 0 Å². The summed E-state index contributed by atoms with van der Waals surface area (Å²) in [6.45, 7) is 4.96. The second kappa shape index (κ2) is 5.03. The molecule has 1 unspecified atom stereocenters. The summed E-state index contributed by atoms with van der Waals surface area (Å²) in [5.74, 6) is 1.90. The van der Waals surface area contributed by atoms with Crippen LogP contribution in [0.2, 0.25) is 0 Å². The summed E-state index contributed by atoms with van der Waals surface area (Å²) in [6.07, 6.45) is 3.94. The maximum absolute atomic E-state index is 5.27. The van der Waals surface area contributed by atoms with Gasteiger partial charge in [0.15, 0.2) is 0 Å². The van der Waals surface area contributed by atoms with Crippen molar-refractivity contribution in [2.75, 3.05) is 34.9 Å². The van der Waals surface area contributed by atoms with Crippen LogP contribution in [-0.4, -0.2) is 39.8 Å². The highest BCUT2D eigenvalue weighted by Gasteiger charge is 2.21. The van der Waals surface area contributed by atoms with Gasteiger partial charge in [-0.3, -0.25) is 0 Å². The molecule has 0 aromatic rings. The first-order chi connectivity index (χ1) is 7.08. The van der Waals surface area contributed by atoms with Crippen molar-refractivity contribution in [1.82, 2.24) is 4.90 Å². The highest BCUT2D eigenvalue weighted by molar-refractivity contribution is 5.39. The van der Waals surface area contributed by atoms with E-state index in [1.807, 2.05) is 20.2 Å². The van der Waals surface area contributed by atoms with Gasteiger partial charge in [-0.05, 0) is 25.7 Å². The summed E-state index contributed by atoms with van der Waals surface area (Å²) in [7, 11) is 7.40. The van der Waals surface area contributed by atoms with Gasteiger partial charge in [0.25, 0.3) is 0 Å². The molecule has 1 atom stereocenters. The maximum atomic E-state index is 5.27. The summed E-state index contributed by atoms with van der Waals surface area (Å²) in [5, 5.41) is 0. The lowest BCUT2D eigenvalue weighted by molar-refractivity contribution is 0.261. The molecule has 3 nitrogen and oxygen atoms in total. The molecule has 0 bridgehead atoms. The van der Waals surface area contributed by atoms with E-state index < -0.39 is 0 Å². The van der Waals surface area contributed by atoms with Gasteiger partial charge in [-0.25, -0.2) is 0 Å². The first kappa shape index (κ1) is 11.9. The van der Waals surface area contributed by atoms with Crippen molar-refractivity contribution in [1.29, 1.82) is 0 Å². The molecule has 0 amide bonds. The Kier molecular flexibility index (Phi) is 3.97. The van der Waals surface area contributed by atoms with Crippen LogP contribution >= 0.6 is 0 Å². The van der Waals surface area contributed by atoms with E-state index in [9.17, 15) is 0 Å². The lowest BCUT2D eigenvalue weighted by atomic mass is 9.93. The van der Waals surface area contributed by atoms with Gasteiger partial charge in [0.2, 0.25) is 0 Å². The van der Waals surface area contributed by atoms with Crippen LogP contribution in [0.1, 0.15) is 0 Å². The van der Waals surface area contributed by atoms with Crippen molar-refractivity contribution in [2.45, 2.75) is 0 Å². The fourth-order valence-electron chi connectivity index (χ4n) is 1.62. The molecule has 0 aliphatic heterocycles. The average molecular weight is 209 g/mol. The molecule has 1 aliphatic carbocycles. The largest absolute Gasteiger partial charge is 0.497 e. The molecule has 1 rings (SSSR count). The summed E-state index contributed by atoms with van der Waals surface area (Å²) < 4.78 is 10.5. The molecule has 0 aromatic heterocycles. The fraction of sp³-hybridized carbons (Fsp3) is 0.500. The van der Waals surface area contributed by atoms with Gasteiger partial charge >= 0.3 is 0 Å². The molecule has 0 spiro atoms. The standard InChI is InChI=1S/C12H19NO2/c1-9-10(8-13(2)3)6-11(14-4)7-12(9)15-5/h6-7,10H,1,8H2,2-5H3. The maximum Gasteiger partial charge on any atom is 0.125 e. The lowest BCUT2D eigenvalue weighted by Crippen LogP contribution is -2.24. The van der Waals surface area contributed by atoms with Crippen LogP contribution in [0.15, 0.2) is 35.8 Å². The molecule has 3 heteroatoms. The Balaban J connectivity index is 2.86. The molecular weight excluding hydrogens is 190 g/mol. The van der Waals surface area contributed by atoms with Crippen LogP contribution in [0.5, 0.6) is 0 Å². The predicted octanol–water partition coefficient (Wildman–Crippen LogP) is 1.79. The van der Waals surface area contributed by atoms with Gasteiger partial charge in [0.1, 0.15) is 11.5 Å². The molecule has 0 radical (unpaired) electrons. The number of methoxy groups -OCH3 is 2. The first-order valence-corrected chi connectivity index (χ1v) is 4.94. The lowest BCUT2D eigenvalue weighted by Gasteiger charge is -2.25. The number of rotatable bonds is 4. The minimum atomic E-state index is 0.259. The molecule has 0 saturated carbocycles. The van der Waals surface area contributed by atoms with E-state index >= 15 is 0 Å². The van der Waals surface area contributed by atoms with Gasteiger partial charge < -0.3 is 14.4 Å². The van der Waals surface area contributed by atoms with Gasteiger partial charge in [-0.15, -0.1) is 0 Å². The number of hydrogen-bond donors (Lipinski definition) is 0. The first-order valence-electron chi connectivity index (χ1n) is 4.94. The normalized spacial score (nSPS) is 21.1. The van der Waals surface area contributed by atoms with Crippen LogP contribution in [0.4, 0.5) is 0 Å². The molecular formula is C12H19NO2. The molecule has 84 valence electrons. The molecule has 1 aliphatic rings. The van der Waals surface area contributed by atoms with Crippen LogP contribution in [0.3, 0.4) is 0 Å². The Morgan fingerprint density at radius 2 is 2.00 bits per heavy atom. The third-order valence-electron chi connectivity index (χ3n) is 2.42.